The van der Waals surface area contributed by atoms with E-state index in [0.29, 0.717) is 22.7 Å². The summed E-state index contributed by atoms with van der Waals surface area (Å²) in [4.78, 5) is 27.3. The fraction of sp³-hybridized carbons (Fsp3) is 0.208. The first-order chi connectivity index (χ1) is 14.4. The lowest BCUT2D eigenvalue weighted by Crippen LogP contribution is -2.34. The number of amides is 1. The van der Waals surface area contributed by atoms with Gasteiger partial charge in [0.05, 0.1) is 29.8 Å². The van der Waals surface area contributed by atoms with Crippen molar-refractivity contribution < 1.29 is 4.79 Å². The van der Waals surface area contributed by atoms with Crippen LogP contribution >= 0.6 is 11.6 Å². The first kappa shape index (κ1) is 21.4. The highest BCUT2D eigenvalue weighted by Crippen LogP contribution is 2.23. The van der Waals surface area contributed by atoms with Crippen LogP contribution in [0, 0.1) is 11.3 Å². The van der Waals surface area contributed by atoms with Crippen LogP contribution in [0.4, 0.5) is 0 Å². The molecular formula is C24H22ClN3O2. The second-order valence-electron chi connectivity index (χ2n) is 6.98. The molecule has 1 aromatic heterocycles. The lowest BCUT2D eigenvalue weighted by atomic mass is 10.0. The molecule has 3 aromatic rings. The van der Waals surface area contributed by atoms with Gasteiger partial charge in [-0.3, -0.25) is 9.59 Å². The normalized spacial score (nSPS) is 11.5. The van der Waals surface area contributed by atoms with Gasteiger partial charge in [0, 0.05) is 23.8 Å². The van der Waals surface area contributed by atoms with E-state index in [-0.39, 0.29) is 24.1 Å². The Morgan fingerprint density at radius 1 is 1.13 bits per heavy atom. The van der Waals surface area contributed by atoms with Gasteiger partial charge < -0.3 is 9.47 Å². The van der Waals surface area contributed by atoms with Crippen molar-refractivity contribution >= 4 is 17.5 Å². The van der Waals surface area contributed by atoms with E-state index in [2.05, 4.69) is 6.07 Å². The largest absolute Gasteiger partial charge is 0.332 e. The van der Waals surface area contributed by atoms with Crippen molar-refractivity contribution in [2.75, 3.05) is 6.54 Å². The van der Waals surface area contributed by atoms with Crippen LogP contribution in [0.2, 0.25) is 5.02 Å². The predicted molar refractivity (Wildman–Crippen MR) is 118 cm³/mol. The van der Waals surface area contributed by atoms with Crippen molar-refractivity contribution in [2.24, 2.45) is 0 Å². The Balaban J connectivity index is 1.88. The molecule has 0 saturated carbocycles. The Morgan fingerprint density at radius 3 is 2.47 bits per heavy atom. The smallest absolute Gasteiger partial charge is 0.255 e. The fourth-order valence-corrected chi connectivity index (χ4v) is 3.56. The van der Waals surface area contributed by atoms with Gasteiger partial charge in [-0.15, -0.1) is 0 Å². The molecule has 5 nitrogen and oxygen atoms in total. The number of aromatic nitrogens is 1. The summed E-state index contributed by atoms with van der Waals surface area (Å²) in [5.41, 5.74) is 2.56. The van der Waals surface area contributed by atoms with E-state index in [4.69, 9.17) is 16.9 Å². The molecule has 0 fully saturated rings. The number of hydrogen-bond donors (Lipinski definition) is 0. The Bertz CT molecular complexity index is 1150. The van der Waals surface area contributed by atoms with Crippen LogP contribution in [0.3, 0.4) is 0 Å². The number of nitrogens with zero attached hydrogens (tertiary/aromatic N) is 3. The van der Waals surface area contributed by atoms with E-state index < -0.39 is 0 Å². The van der Waals surface area contributed by atoms with E-state index in [1.54, 1.807) is 35.4 Å². The van der Waals surface area contributed by atoms with Gasteiger partial charge in [-0.25, -0.2) is 0 Å². The van der Waals surface area contributed by atoms with E-state index >= 15 is 0 Å². The molecule has 3 rings (SSSR count). The second-order valence-corrected chi connectivity index (χ2v) is 7.38. The maximum atomic E-state index is 13.2. The third-order valence-corrected chi connectivity index (χ3v) is 5.49. The molecule has 1 unspecified atom stereocenters. The number of carbonyl (C=O) groups is 1. The molecule has 1 heterocycles. The van der Waals surface area contributed by atoms with Crippen LogP contribution in [0.25, 0.3) is 0 Å². The van der Waals surface area contributed by atoms with Gasteiger partial charge in [-0.2, -0.15) is 5.26 Å². The lowest BCUT2D eigenvalue weighted by molar-refractivity contribution is 0.0701. The van der Waals surface area contributed by atoms with Crippen molar-refractivity contribution in [3.05, 3.63) is 104 Å². The minimum absolute atomic E-state index is 0.165. The molecule has 30 heavy (non-hydrogen) atoms. The molecule has 1 amide bonds. The number of carbonyl (C=O) groups excluding carboxylic acids is 1. The van der Waals surface area contributed by atoms with Crippen LogP contribution in [-0.4, -0.2) is 21.9 Å². The average molecular weight is 420 g/mol. The first-order valence-corrected chi connectivity index (χ1v) is 10.1. The fourth-order valence-electron chi connectivity index (χ4n) is 3.37. The highest BCUT2D eigenvalue weighted by atomic mass is 35.5. The summed E-state index contributed by atoms with van der Waals surface area (Å²) >= 11 is 6.22. The zero-order valence-corrected chi connectivity index (χ0v) is 17.6. The molecule has 0 aliphatic rings. The SMILES string of the molecule is CCN(C(=O)c1ccc(=O)n(Cc2ccccc2Cl)c1)C(C)c1ccc(C#N)cc1. The maximum Gasteiger partial charge on any atom is 0.255 e. The van der Waals surface area contributed by atoms with Crippen molar-refractivity contribution in [3.8, 4) is 6.07 Å². The van der Waals surface area contributed by atoms with Gasteiger partial charge in [0.1, 0.15) is 0 Å². The predicted octanol–water partition coefficient (Wildman–Crippen LogP) is 4.64. The summed E-state index contributed by atoms with van der Waals surface area (Å²) in [5.74, 6) is -0.165. The quantitative estimate of drug-likeness (QED) is 0.584. The van der Waals surface area contributed by atoms with E-state index in [1.165, 1.54) is 10.6 Å². The summed E-state index contributed by atoms with van der Waals surface area (Å²) < 4.78 is 1.49. The molecule has 152 valence electrons. The summed E-state index contributed by atoms with van der Waals surface area (Å²) in [6.07, 6.45) is 1.59. The molecule has 0 aliphatic carbocycles. The summed E-state index contributed by atoms with van der Waals surface area (Å²) in [6, 6.07) is 19.4. The van der Waals surface area contributed by atoms with Crippen LogP contribution < -0.4 is 5.56 Å². The average Bonchev–Trinajstić information content (AvgIpc) is 2.77. The third kappa shape index (κ3) is 4.61. The van der Waals surface area contributed by atoms with Crippen molar-refractivity contribution in [1.82, 2.24) is 9.47 Å². The van der Waals surface area contributed by atoms with E-state index in [9.17, 15) is 9.59 Å². The maximum absolute atomic E-state index is 13.2. The van der Waals surface area contributed by atoms with Gasteiger partial charge in [0.15, 0.2) is 0 Å². The van der Waals surface area contributed by atoms with Crippen molar-refractivity contribution in [3.63, 3.8) is 0 Å². The first-order valence-electron chi connectivity index (χ1n) is 9.69. The Morgan fingerprint density at radius 2 is 1.83 bits per heavy atom. The topological polar surface area (TPSA) is 66.1 Å². The van der Waals surface area contributed by atoms with Gasteiger partial charge in [0.2, 0.25) is 0 Å². The van der Waals surface area contributed by atoms with E-state index in [0.717, 1.165) is 11.1 Å². The minimum Gasteiger partial charge on any atom is -0.332 e. The number of pyridine rings is 1. The van der Waals surface area contributed by atoms with Gasteiger partial charge in [-0.05, 0) is 49.2 Å². The molecule has 6 heteroatoms. The van der Waals surface area contributed by atoms with Crippen LogP contribution in [0.5, 0.6) is 0 Å². The highest BCUT2D eigenvalue weighted by molar-refractivity contribution is 6.31. The zero-order chi connectivity index (χ0) is 21.7. The number of rotatable bonds is 6. The molecule has 2 aromatic carbocycles. The Hall–Kier alpha value is -3.36. The van der Waals surface area contributed by atoms with Crippen molar-refractivity contribution in [1.29, 1.82) is 5.26 Å². The van der Waals surface area contributed by atoms with Crippen molar-refractivity contribution in [2.45, 2.75) is 26.4 Å². The monoisotopic (exact) mass is 419 g/mol. The molecule has 0 bridgehead atoms. The van der Waals surface area contributed by atoms with Gasteiger partial charge in [0.25, 0.3) is 11.5 Å². The zero-order valence-electron chi connectivity index (χ0n) is 16.9. The Labute approximate surface area is 180 Å². The summed E-state index contributed by atoms with van der Waals surface area (Å²) in [6.45, 7) is 4.65. The summed E-state index contributed by atoms with van der Waals surface area (Å²) in [5, 5.41) is 9.55. The molecular weight excluding hydrogens is 398 g/mol. The standard InChI is InChI=1S/C24H22ClN3O2/c1-3-28(17(2)19-10-8-18(14-26)9-11-19)24(30)21-12-13-23(29)27(16-21)15-20-6-4-5-7-22(20)25/h4-13,16-17H,3,15H2,1-2H3. The number of hydrogen-bond acceptors (Lipinski definition) is 3. The molecule has 0 spiro atoms. The molecule has 0 aliphatic heterocycles. The van der Waals surface area contributed by atoms with Crippen LogP contribution in [0.1, 0.15) is 46.9 Å². The molecule has 0 N–H and O–H groups in total. The molecule has 1 atom stereocenters. The third-order valence-electron chi connectivity index (χ3n) is 5.12. The van der Waals surface area contributed by atoms with Gasteiger partial charge in [-0.1, -0.05) is 41.9 Å². The van der Waals surface area contributed by atoms with Crippen LogP contribution in [0.15, 0.2) is 71.7 Å². The molecule has 0 radical (unpaired) electrons. The summed E-state index contributed by atoms with van der Waals surface area (Å²) in [7, 11) is 0. The minimum atomic E-state index is -0.199. The number of nitriles is 1. The number of halogens is 1. The number of benzene rings is 2. The second kappa shape index (κ2) is 9.43. The Kier molecular flexibility index (Phi) is 6.71. The molecule has 0 saturated heterocycles. The lowest BCUT2D eigenvalue weighted by Gasteiger charge is -2.28. The van der Waals surface area contributed by atoms with Crippen LogP contribution in [-0.2, 0) is 6.54 Å². The van der Waals surface area contributed by atoms with Gasteiger partial charge >= 0.3 is 0 Å². The highest BCUT2D eigenvalue weighted by Gasteiger charge is 2.22. The van der Waals surface area contributed by atoms with E-state index in [1.807, 2.05) is 44.2 Å².